The molecule has 1 unspecified atom stereocenters. The Hall–Kier alpha value is -2.63. The van der Waals surface area contributed by atoms with Crippen molar-refractivity contribution in [3.63, 3.8) is 0 Å². The van der Waals surface area contributed by atoms with Gasteiger partial charge in [0, 0.05) is 25.0 Å². The predicted octanol–water partition coefficient (Wildman–Crippen LogP) is 2.21. The molecule has 0 spiro atoms. The molecule has 0 saturated carbocycles. The van der Waals surface area contributed by atoms with Crippen LogP contribution in [0.5, 0.6) is 0 Å². The van der Waals surface area contributed by atoms with Crippen molar-refractivity contribution in [3.8, 4) is 0 Å². The first kappa shape index (κ1) is 16.8. The van der Waals surface area contributed by atoms with Gasteiger partial charge in [0.1, 0.15) is 0 Å². The van der Waals surface area contributed by atoms with Gasteiger partial charge in [0.25, 0.3) is 5.56 Å². The summed E-state index contributed by atoms with van der Waals surface area (Å²) in [5, 5.41) is 0.527. The zero-order valence-electron chi connectivity index (χ0n) is 14.7. The maximum absolute atomic E-state index is 12.8. The first-order chi connectivity index (χ1) is 12.6. The largest absolute Gasteiger partial charge is 0.342 e. The van der Waals surface area contributed by atoms with Gasteiger partial charge in [-0.2, -0.15) is 0 Å². The number of carbonyl (C=O) groups excluding carboxylic acids is 1. The third kappa shape index (κ3) is 3.00. The van der Waals surface area contributed by atoms with E-state index in [2.05, 4.69) is 17.1 Å². The first-order valence-corrected chi connectivity index (χ1v) is 9.32. The third-order valence-corrected chi connectivity index (χ3v) is 5.60. The highest BCUT2D eigenvalue weighted by atomic mass is 16.2. The van der Waals surface area contributed by atoms with Crippen molar-refractivity contribution in [2.45, 2.75) is 38.1 Å². The zero-order chi connectivity index (χ0) is 18.1. The Morgan fingerprint density at radius 3 is 2.54 bits per heavy atom. The summed E-state index contributed by atoms with van der Waals surface area (Å²) in [4.78, 5) is 42.6. The van der Waals surface area contributed by atoms with Gasteiger partial charge in [-0.05, 0) is 44.2 Å². The molecule has 2 aliphatic rings. The van der Waals surface area contributed by atoms with E-state index in [0.29, 0.717) is 36.8 Å². The van der Waals surface area contributed by atoms with Gasteiger partial charge in [0.05, 0.1) is 10.9 Å². The van der Waals surface area contributed by atoms with Gasteiger partial charge >= 0.3 is 5.69 Å². The Morgan fingerprint density at radius 1 is 1.04 bits per heavy atom. The van der Waals surface area contributed by atoms with Crippen molar-refractivity contribution >= 4 is 16.8 Å². The summed E-state index contributed by atoms with van der Waals surface area (Å²) in [7, 11) is 0. The van der Waals surface area contributed by atoms with E-state index in [1.807, 2.05) is 4.90 Å². The number of rotatable bonds is 2. The van der Waals surface area contributed by atoms with Crippen molar-refractivity contribution in [2.24, 2.45) is 5.92 Å². The molecule has 1 aromatic heterocycles. The Labute approximate surface area is 151 Å². The molecule has 6 nitrogen and oxygen atoms in total. The van der Waals surface area contributed by atoms with Gasteiger partial charge in [-0.15, -0.1) is 0 Å². The van der Waals surface area contributed by atoms with Crippen LogP contribution in [0.15, 0.2) is 46.0 Å². The molecule has 1 amide bonds. The number of piperidine rings is 1. The number of fused-ring (bicyclic) bond motifs is 1. The molecule has 1 aliphatic carbocycles. The Bertz CT molecular complexity index is 964. The molecular formula is C20H23N3O3. The van der Waals surface area contributed by atoms with Crippen molar-refractivity contribution in [1.82, 2.24) is 14.5 Å². The van der Waals surface area contributed by atoms with Crippen LogP contribution in [-0.4, -0.2) is 33.4 Å². The number of hydrogen-bond donors (Lipinski definition) is 1. The van der Waals surface area contributed by atoms with E-state index in [1.54, 1.807) is 24.3 Å². The maximum Gasteiger partial charge on any atom is 0.329 e. The van der Waals surface area contributed by atoms with Crippen LogP contribution in [0.25, 0.3) is 10.9 Å². The monoisotopic (exact) mass is 353 g/mol. The molecule has 6 heteroatoms. The lowest BCUT2D eigenvalue weighted by Crippen LogP contribution is -2.46. The Balaban J connectivity index is 1.52. The molecule has 0 bridgehead atoms. The number of carbonyl (C=O) groups is 1. The molecule has 1 N–H and O–H groups in total. The van der Waals surface area contributed by atoms with E-state index < -0.39 is 0 Å². The third-order valence-electron chi connectivity index (χ3n) is 5.60. The molecule has 1 aliphatic heterocycles. The van der Waals surface area contributed by atoms with E-state index in [9.17, 15) is 14.4 Å². The quantitative estimate of drug-likeness (QED) is 0.841. The van der Waals surface area contributed by atoms with Crippen LogP contribution in [0.2, 0.25) is 0 Å². The van der Waals surface area contributed by atoms with Crippen LogP contribution in [0, 0.1) is 5.92 Å². The molecule has 1 saturated heterocycles. The van der Waals surface area contributed by atoms with Gasteiger partial charge < -0.3 is 9.88 Å². The van der Waals surface area contributed by atoms with E-state index in [1.165, 1.54) is 4.57 Å². The lowest BCUT2D eigenvalue weighted by atomic mass is 9.92. The molecule has 1 fully saturated rings. The molecule has 4 rings (SSSR count). The number of amides is 1. The summed E-state index contributed by atoms with van der Waals surface area (Å²) < 4.78 is 1.34. The number of allylic oxidation sites excluding steroid dienone is 2. The van der Waals surface area contributed by atoms with E-state index >= 15 is 0 Å². The van der Waals surface area contributed by atoms with Crippen LogP contribution < -0.4 is 11.2 Å². The second-order valence-corrected chi connectivity index (χ2v) is 7.19. The van der Waals surface area contributed by atoms with Crippen molar-refractivity contribution in [3.05, 3.63) is 57.3 Å². The molecule has 26 heavy (non-hydrogen) atoms. The van der Waals surface area contributed by atoms with Gasteiger partial charge in [-0.25, -0.2) is 4.79 Å². The van der Waals surface area contributed by atoms with E-state index in [4.69, 9.17) is 0 Å². The first-order valence-electron chi connectivity index (χ1n) is 9.32. The number of likely N-dealkylation sites (tertiary alicyclic amines) is 1. The number of para-hydroxylation sites is 1. The number of nitrogens with one attached hydrogen (secondary N) is 1. The fourth-order valence-corrected chi connectivity index (χ4v) is 4.13. The van der Waals surface area contributed by atoms with Crippen LogP contribution in [0.1, 0.15) is 38.1 Å². The maximum atomic E-state index is 12.8. The molecule has 1 aromatic carbocycles. The fourth-order valence-electron chi connectivity index (χ4n) is 4.13. The minimum atomic E-state index is -0.365. The number of nitrogens with zero attached hydrogens (tertiary/aromatic N) is 2. The Morgan fingerprint density at radius 2 is 1.81 bits per heavy atom. The van der Waals surface area contributed by atoms with Gasteiger partial charge in [-0.1, -0.05) is 24.3 Å². The summed E-state index contributed by atoms with van der Waals surface area (Å²) in [5.41, 5.74) is -0.0424. The molecular weight excluding hydrogens is 330 g/mol. The molecule has 136 valence electrons. The average molecular weight is 353 g/mol. The smallest absolute Gasteiger partial charge is 0.329 e. The number of aromatic nitrogens is 2. The highest BCUT2D eigenvalue weighted by Crippen LogP contribution is 2.25. The van der Waals surface area contributed by atoms with Crippen LogP contribution >= 0.6 is 0 Å². The summed E-state index contributed by atoms with van der Waals surface area (Å²) in [6.07, 6.45) is 8.20. The van der Waals surface area contributed by atoms with E-state index in [0.717, 1.165) is 19.3 Å². The predicted molar refractivity (Wildman–Crippen MR) is 100 cm³/mol. The minimum absolute atomic E-state index is 0.0864. The molecule has 0 radical (unpaired) electrons. The van der Waals surface area contributed by atoms with Gasteiger partial charge in [-0.3, -0.25) is 14.2 Å². The highest BCUT2D eigenvalue weighted by molar-refractivity contribution is 5.79. The molecule has 2 heterocycles. The second kappa shape index (κ2) is 6.94. The summed E-state index contributed by atoms with van der Waals surface area (Å²) in [5.74, 6) is 0.302. The minimum Gasteiger partial charge on any atom is -0.342 e. The van der Waals surface area contributed by atoms with Gasteiger partial charge in [0.2, 0.25) is 5.91 Å². The van der Waals surface area contributed by atoms with Gasteiger partial charge in [0.15, 0.2) is 0 Å². The fraction of sp³-hybridized carbons (Fsp3) is 0.450. The summed E-state index contributed by atoms with van der Waals surface area (Å²) in [6, 6.07) is 6.91. The topological polar surface area (TPSA) is 75.2 Å². The second-order valence-electron chi connectivity index (χ2n) is 7.19. The van der Waals surface area contributed by atoms with Crippen molar-refractivity contribution in [2.75, 3.05) is 13.1 Å². The average Bonchev–Trinajstić information content (AvgIpc) is 2.69. The number of hydrogen-bond acceptors (Lipinski definition) is 3. The summed E-state index contributed by atoms with van der Waals surface area (Å²) in [6.45, 7) is 1.20. The molecule has 1 atom stereocenters. The number of H-pyrrole nitrogens is 1. The standard InChI is InChI=1S/C20H23N3O3/c24-18(14-6-2-1-3-7-14)22-12-10-15(11-13-22)23-19(25)16-8-4-5-9-17(16)21-20(23)26/h1-2,4-5,8-9,14-15H,3,6-7,10-13H2,(H,21,26). The summed E-state index contributed by atoms with van der Waals surface area (Å²) >= 11 is 0. The van der Waals surface area contributed by atoms with Crippen molar-refractivity contribution < 1.29 is 4.79 Å². The van der Waals surface area contributed by atoms with Crippen LogP contribution in [0.4, 0.5) is 0 Å². The lowest BCUT2D eigenvalue weighted by molar-refractivity contribution is -0.137. The Kier molecular flexibility index (Phi) is 4.49. The normalized spacial score (nSPS) is 21.2. The highest BCUT2D eigenvalue weighted by Gasteiger charge is 2.29. The van der Waals surface area contributed by atoms with Crippen molar-refractivity contribution in [1.29, 1.82) is 0 Å². The number of aromatic amines is 1. The number of benzene rings is 1. The SMILES string of the molecule is O=C(C1CC=CCC1)N1CCC(n2c(=O)[nH]c3ccccc3c2=O)CC1. The van der Waals surface area contributed by atoms with E-state index in [-0.39, 0.29) is 29.1 Å². The molecule has 2 aromatic rings. The zero-order valence-corrected chi connectivity index (χ0v) is 14.7. The van der Waals surface area contributed by atoms with Crippen LogP contribution in [-0.2, 0) is 4.79 Å². The van der Waals surface area contributed by atoms with Crippen LogP contribution in [0.3, 0.4) is 0 Å². The lowest BCUT2D eigenvalue weighted by Gasteiger charge is -2.35.